The molecule has 0 saturated carbocycles. The molecule has 0 aliphatic carbocycles. The SMILES string of the molecule is COCCN1CCC2(CCN(c3ncc4cc[nH]c4n3)C2)C1=O. The number of rotatable bonds is 4. The molecular weight excluding hydrogens is 294 g/mol. The normalized spacial score (nSPS) is 24.5. The maximum absolute atomic E-state index is 12.8. The first-order chi connectivity index (χ1) is 11.2. The van der Waals surface area contributed by atoms with Crippen molar-refractivity contribution < 1.29 is 9.53 Å². The van der Waals surface area contributed by atoms with Gasteiger partial charge in [-0.2, -0.15) is 4.98 Å². The summed E-state index contributed by atoms with van der Waals surface area (Å²) in [7, 11) is 1.67. The zero-order valence-electron chi connectivity index (χ0n) is 13.3. The number of carbonyl (C=O) groups is 1. The van der Waals surface area contributed by atoms with Crippen molar-refractivity contribution in [1.82, 2.24) is 19.9 Å². The molecule has 1 N–H and O–H groups in total. The topological polar surface area (TPSA) is 74.3 Å². The van der Waals surface area contributed by atoms with Crippen LogP contribution >= 0.6 is 0 Å². The number of nitrogens with zero attached hydrogens (tertiary/aromatic N) is 4. The second kappa shape index (κ2) is 5.49. The van der Waals surface area contributed by atoms with Crippen molar-refractivity contribution in [3.8, 4) is 0 Å². The van der Waals surface area contributed by atoms with E-state index in [2.05, 4.69) is 19.9 Å². The highest BCUT2D eigenvalue weighted by atomic mass is 16.5. The number of methoxy groups -OCH3 is 1. The van der Waals surface area contributed by atoms with Crippen LogP contribution in [0, 0.1) is 5.41 Å². The summed E-state index contributed by atoms with van der Waals surface area (Å²) in [6.45, 7) is 3.64. The maximum Gasteiger partial charge on any atom is 0.230 e. The fourth-order valence-corrected chi connectivity index (χ4v) is 3.71. The van der Waals surface area contributed by atoms with Crippen molar-refractivity contribution in [2.75, 3.05) is 44.8 Å². The summed E-state index contributed by atoms with van der Waals surface area (Å²) in [5, 5.41) is 1.00. The van der Waals surface area contributed by atoms with Crippen molar-refractivity contribution in [2.45, 2.75) is 12.8 Å². The molecule has 1 amide bonds. The van der Waals surface area contributed by atoms with E-state index in [-0.39, 0.29) is 11.3 Å². The minimum absolute atomic E-state index is 0.262. The molecule has 2 aromatic heterocycles. The minimum Gasteiger partial charge on any atom is -0.383 e. The number of H-pyrrole nitrogens is 1. The number of anilines is 1. The van der Waals surface area contributed by atoms with Gasteiger partial charge in [-0.25, -0.2) is 4.98 Å². The van der Waals surface area contributed by atoms with Crippen LogP contribution in [-0.4, -0.2) is 65.7 Å². The van der Waals surface area contributed by atoms with Gasteiger partial charge >= 0.3 is 0 Å². The summed E-state index contributed by atoms with van der Waals surface area (Å²) >= 11 is 0. The molecule has 1 atom stereocenters. The van der Waals surface area contributed by atoms with Gasteiger partial charge in [0.2, 0.25) is 11.9 Å². The summed E-state index contributed by atoms with van der Waals surface area (Å²) in [6, 6.07) is 1.96. The Morgan fingerprint density at radius 3 is 3.13 bits per heavy atom. The highest BCUT2D eigenvalue weighted by molar-refractivity contribution is 5.86. The van der Waals surface area contributed by atoms with Crippen LogP contribution < -0.4 is 4.90 Å². The maximum atomic E-state index is 12.8. The third-order valence-corrected chi connectivity index (χ3v) is 5.09. The van der Waals surface area contributed by atoms with Crippen LogP contribution in [0.4, 0.5) is 5.95 Å². The molecule has 4 rings (SSSR count). The van der Waals surface area contributed by atoms with Crippen molar-refractivity contribution in [3.63, 3.8) is 0 Å². The van der Waals surface area contributed by atoms with Crippen LogP contribution in [0.3, 0.4) is 0 Å². The second-order valence-corrected chi connectivity index (χ2v) is 6.44. The third-order valence-electron chi connectivity index (χ3n) is 5.09. The number of aromatic nitrogens is 3. The van der Waals surface area contributed by atoms with E-state index >= 15 is 0 Å². The fraction of sp³-hybridized carbons (Fsp3) is 0.562. The molecule has 2 saturated heterocycles. The van der Waals surface area contributed by atoms with Crippen molar-refractivity contribution >= 4 is 22.9 Å². The smallest absolute Gasteiger partial charge is 0.230 e. The number of carbonyl (C=O) groups excluding carboxylic acids is 1. The molecule has 2 aromatic rings. The highest BCUT2D eigenvalue weighted by Gasteiger charge is 2.51. The number of fused-ring (bicyclic) bond motifs is 1. The number of ether oxygens (including phenoxy) is 1. The molecule has 2 aliphatic rings. The summed E-state index contributed by atoms with van der Waals surface area (Å²) in [6.07, 6.45) is 5.49. The molecule has 122 valence electrons. The number of aromatic amines is 1. The predicted octanol–water partition coefficient (Wildman–Crippen LogP) is 1.03. The van der Waals surface area contributed by atoms with E-state index in [1.54, 1.807) is 7.11 Å². The first kappa shape index (κ1) is 14.4. The van der Waals surface area contributed by atoms with Crippen molar-refractivity contribution in [3.05, 3.63) is 18.5 Å². The lowest BCUT2D eigenvalue weighted by atomic mass is 9.85. The Bertz CT molecular complexity index is 730. The average Bonchev–Trinajstić information content (AvgIpc) is 3.27. The van der Waals surface area contributed by atoms with Crippen LogP contribution in [-0.2, 0) is 9.53 Å². The van der Waals surface area contributed by atoms with Gasteiger partial charge in [0.15, 0.2) is 0 Å². The Kier molecular flexibility index (Phi) is 3.45. The highest BCUT2D eigenvalue weighted by Crippen LogP contribution is 2.41. The molecule has 7 nitrogen and oxygen atoms in total. The summed E-state index contributed by atoms with van der Waals surface area (Å²) in [5.74, 6) is 0.970. The average molecular weight is 315 g/mol. The van der Waals surface area contributed by atoms with Crippen molar-refractivity contribution in [1.29, 1.82) is 0 Å². The van der Waals surface area contributed by atoms with Gasteiger partial charge in [0, 0.05) is 51.1 Å². The van der Waals surface area contributed by atoms with E-state index in [1.165, 1.54) is 0 Å². The first-order valence-corrected chi connectivity index (χ1v) is 8.05. The Labute approximate surface area is 134 Å². The summed E-state index contributed by atoms with van der Waals surface area (Å²) < 4.78 is 5.10. The van der Waals surface area contributed by atoms with E-state index in [1.807, 2.05) is 23.4 Å². The van der Waals surface area contributed by atoms with Gasteiger partial charge < -0.3 is 19.5 Å². The Morgan fingerprint density at radius 1 is 1.39 bits per heavy atom. The largest absolute Gasteiger partial charge is 0.383 e. The molecule has 2 fully saturated rings. The molecule has 1 unspecified atom stereocenters. The fourth-order valence-electron chi connectivity index (χ4n) is 3.71. The van der Waals surface area contributed by atoms with E-state index in [4.69, 9.17) is 4.74 Å². The Hall–Kier alpha value is -2.15. The molecule has 7 heteroatoms. The molecule has 4 heterocycles. The lowest BCUT2D eigenvalue weighted by Gasteiger charge is -2.23. The van der Waals surface area contributed by atoms with Crippen LogP contribution in [0.1, 0.15) is 12.8 Å². The Balaban J connectivity index is 1.51. The number of likely N-dealkylation sites (tertiary alicyclic amines) is 1. The first-order valence-electron chi connectivity index (χ1n) is 8.05. The molecule has 0 radical (unpaired) electrons. The minimum atomic E-state index is -0.262. The zero-order valence-corrected chi connectivity index (χ0v) is 13.3. The monoisotopic (exact) mass is 315 g/mol. The number of hydrogen-bond donors (Lipinski definition) is 1. The van der Waals surface area contributed by atoms with Crippen LogP contribution in [0.2, 0.25) is 0 Å². The van der Waals surface area contributed by atoms with E-state index < -0.39 is 0 Å². The molecular formula is C16H21N5O2. The molecule has 2 aliphatic heterocycles. The van der Waals surface area contributed by atoms with Gasteiger partial charge in [-0.1, -0.05) is 0 Å². The third kappa shape index (κ3) is 2.35. The van der Waals surface area contributed by atoms with Gasteiger partial charge in [0.25, 0.3) is 0 Å². The van der Waals surface area contributed by atoms with Crippen molar-refractivity contribution in [2.24, 2.45) is 5.41 Å². The number of nitrogens with one attached hydrogen (secondary N) is 1. The quantitative estimate of drug-likeness (QED) is 0.912. The summed E-state index contributed by atoms with van der Waals surface area (Å²) in [5.41, 5.74) is 0.581. The predicted molar refractivity (Wildman–Crippen MR) is 86.2 cm³/mol. The van der Waals surface area contributed by atoms with E-state index in [0.717, 1.165) is 37.0 Å². The van der Waals surface area contributed by atoms with E-state index in [9.17, 15) is 4.79 Å². The molecule has 23 heavy (non-hydrogen) atoms. The van der Waals surface area contributed by atoms with E-state index in [0.29, 0.717) is 25.6 Å². The lowest BCUT2D eigenvalue weighted by Crippen LogP contribution is -2.38. The summed E-state index contributed by atoms with van der Waals surface area (Å²) in [4.78, 5) is 29.0. The van der Waals surface area contributed by atoms with Gasteiger partial charge in [0.05, 0.1) is 12.0 Å². The second-order valence-electron chi connectivity index (χ2n) is 6.44. The molecule has 0 aromatic carbocycles. The lowest BCUT2D eigenvalue weighted by molar-refractivity contribution is -0.135. The van der Waals surface area contributed by atoms with Gasteiger partial charge in [-0.3, -0.25) is 4.79 Å². The van der Waals surface area contributed by atoms with Crippen LogP contribution in [0.25, 0.3) is 11.0 Å². The molecule has 1 spiro atoms. The van der Waals surface area contributed by atoms with Gasteiger partial charge in [-0.05, 0) is 18.9 Å². The van der Waals surface area contributed by atoms with Crippen LogP contribution in [0.15, 0.2) is 18.5 Å². The standard InChI is InChI=1S/C16H21N5O2/c1-23-9-8-20-6-3-16(14(20)22)4-7-21(11-16)15-18-10-12-2-5-17-13(12)19-15/h2,5,10H,3-4,6-9,11H2,1H3,(H,17,18,19). The Morgan fingerprint density at radius 2 is 2.26 bits per heavy atom. The van der Waals surface area contributed by atoms with Gasteiger partial charge in [-0.15, -0.1) is 0 Å². The zero-order chi connectivity index (χ0) is 15.9. The number of amides is 1. The molecule has 0 bridgehead atoms. The number of hydrogen-bond acceptors (Lipinski definition) is 5. The van der Waals surface area contributed by atoms with Gasteiger partial charge in [0.1, 0.15) is 5.65 Å². The van der Waals surface area contributed by atoms with Crippen LogP contribution in [0.5, 0.6) is 0 Å².